The van der Waals surface area contributed by atoms with Gasteiger partial charge in [0, 0.05) is 6.92 Å². The van der Waals surface area contributed by atoms with Gasteiger partial charge in [0.25, 0.3) is 0 Å². The summed E-state index contributed by atoms with van der Waals surface area (Å²) >= 11 is 0. The fraction of sp³-hybridized carbons (Fsp3) is 0.0476. The van der Waals surface area contributed by atoms with Crippen LogP contribution < -0.4 is 4.74 Å². The summed E-state index contributed by atoms with van der Waals surface area (Å²) in [5.41, 5.74) is 4.30. The highest BCUT2D eigenvalue weighted by atomic mass is 16.5. The van der Waals surface area contributed by atoms with E-state index in [0.29, 0.717) is 5.75 Å². The molecule has 3 rings (SSSR count). The molecule has 0 atom stereocenters. The van der Waals surface area contributed by atoms with E-state index < -0.39 is 5.97 Å². The number of aromatic carboxylic acids is 1. The first-order chi connectivity index (χ1) is 12.0. The van der Waals surface area contributed by atoms with Gasteiger partial charge in [0.15, 0.2) is 0 Å². The van der Waals surface area contributed by atoms with Gasteiger partial charge in [-0.15, -0.1) is 0 Å². The quantitative estimate of drug-likeness (QED) is 0.558. The molecule has 0 aliphatic heterocycles. The van der Waals surface area contributed by atoms with Gasteiger partial charge >= 0.3 is 11.9 Å². The van der Waals surface area contributed by atoms with Crippen molar-refractivity contribution >= 4 is 11.9 Å². The summed E-state index contributed by atoms with van der Waals surface area (Å²) < 4.78 is 5.03. The van der Waals surface area contributed by atoms with Crippen LogP contribution in [-0.2, 0) is 4.79 Å². The summed E-state index contributed by atoms with van der Waals surface area (Å²) in [6, 6.07) is 22.1. The predicted octanol–water partition coefficient (Wildman–Crippen LogP) is 4.64. The highest BCUT2D eigenvalue weighted by Crippen LogP contribution is 2.26. The molecule has 25 heavy (non-hydrogen) atoms. The topological polar surface area (TPSA) is 63.6 Å². The molecular weight excluding hydrogens is 316 g/mol. The second kappa shape index (κ2) is 7.01. The third-order valence-corrected chi connectivity index (χ3v) is 3.80. The van der Waals surface area contributed by atoms with Gasteiger partial charge in [-0.3, -0.25) is 4.79 Å². The Bertz CT molecular complexity index is 892. The van der Waals surface area contributed by atoms with Crippen molar-refractivity contribution in [2.24, 2.45) is 0 Å². The van der Waals surface area contributed by atoms with Crippen molar-refractivity contribution in [2.75, 3.05) is 0 Å². The van der Waals surface area contributed by atoms with Crippen molar-refractivity contribution in [3.05, 3.63) is 78.4 Å². The van der Waals surface area contributed by atoms with Gasteiger partial charge in [0.05, 0.1) is 5.56 Å². The second-order valence-electron chi connectivity index (χ2n) is 5.58. The number of hydrogen-bond donors (Lipinski definition) is 1. The smallest absolute Gasteiger partial charge is 0.335 e. The summed E-state index contributed by atoms with van der Waals surface area (Å²) in [7, 11) is 0. The average molecular weight is 332 g/mol. The largest absolute Gasteiger partial charge is 0.478 e. The first kappa shape index (κ1) is 16.5. The van der Waals surface area contributed by atoms with Crippen molar-refractivity contribution < 1.29 is 19.4 Å². The van der Waals surface area contributed by atoms with Crippen LogP contribution in [0.25, 0.3) is 22.3 Å². The van der Waals surface area contributed by atoms with E-state index in [1.165, 1.54) is 6.92 Å². The van der Waals surface area contributed by atoms with E-state index in [1.54, 1.807) is 36.4 Å². The lowest BCUT2D eigenvalue weighted by molar-refractivity contribution is -0.131. The van der Waals surface area contributed by atoms with Crippen LogP contribution in [0.3, 0.4) is 0 Å². The standard InChI is InChI=1S/C21H16O4/c1-14(22)25-20-12-10-18(11-13-20)16-4-2-15(3-5-16)17-6-8-19(9-7-17)21(23)24/h2-13H,1H3,(H,23,24). The molecule has 0 aliphatic carbocycles. The Balaban J connectivity index is 1.79. The molecule has 0 bridgehead atoms. The Morgan fingerprint density at radius 3 is 1.40 bits per heavy atom. The summed E-state index contributed by atoms with van der Waals surface area (Å²) in [5.74, 6) is -0.753. The lowest BCUT2D eigenvalue weighted by Gasteiger charge is -2.07. The number of ether oxygens (including phenoxy) is 1. The second-order valence-corrected chi connectivity index (χ2v) is 5.58. The van der Waals surface area contributed by atoms with Gasteiger partial charge in [-0.05, 0) is 46.5 Å². The number of carbonyl (C=O) groups excluding carboxylic acids is 1. The molecule has 0 saturated heterocycles. The highest BCUT2D eigenvalue weighted by Gasteiger charge is 2.05. The molecule has 0 saturated carbocycles. The number of hydrogen-bond acceptors (Lipinski definition) is 3. The zero-order valence-corrected chi connectivity index (χ0v) is 13.6. The number of carboxylic acids is 1. The van der Waals surface area contributed by atoms with Gasteiger partial charge in [-0.1, -0.05) is 48.5 Å². The molecule has 0 heterocycles. The third kappa shape index (κ3) is 3.93. The zero-order valence-electron chi connectivity index (χ0n) is 13.6. The van der Waals surface area contributed by atoms with Gasteiger partial charge < -0.3 is 9.84 Å². The number of carbonyl (C=O) groups is 2. The summed E-state index contributed by atoms with van der Waals surface area (Å²) in [6.07, 6.45) is 0. The zero-order chi connectivity index (χ0) is 17.8. The van der Waals surface area contributed by atoms with Crippen LogP contribution in [0.2, 0.25) is 0 Å². The predicted molar refractivity (Wildman–Crippen MR) is 95.6 cm³/mol. The number of rotatable bonds is 4. The SMILES string of the molecule is CC(=O)Oc1ccc(-c2ccc(-c3ccc(C(=O)O)cc3)cc2)cc1. The van der Waals surface area contributed by atoms with E-state index >= 15 is 0 Å². The van der Waals surface area contributed by atoms with Crippen molar-refractivity contribution in [1.82, 2.24) is 0 Å². The van der Waals surface area contributed by atoms with E-state index in [2.05, 4.69) is 0 Å². The Labute approximate surface area is 145 Å². The number of carboxylic acid groups (broad SMARTS) is 1. The van der Waals surface area contributed by atoms with Gasteiger partial charge in [-0.2, -0.15) is 0 Å². The molecule has 124 valence electrons. The van der Waals surface area contributed by atoms with E-state index in [0.717, 1.165) is 22.3 Å². The van der Waals surface area contributed by atoms with Crippen LogP contribution in [0, 0.1) is 0 Å². The van der Waals surface area contributed by atoms with Crippen molar-refractivity contribution in [1.29, 1.82) is 0 Å². The van der Waals surface area contributed by atoms with Crippen LogP contribution in [0.15, 0.2) is 72.8 Å². The molecule has 0 amide bonds. The van der Waals surface area contributed by atoms with Gasteiger partial charge in [0.1, 0.15) is 5.75 Å². The van der Waals surface area contributed by atoms with Crippen LogP contribution >= 0.6 is 0 Å². The molecule has 3 aromatic carbocycles. The van der Waals surface area contributed by atoms with Crippen LogP contribution in [0.1, 0.15) is 17.3 Å². The van der Waals surface area contributed by atoms with Crippen molar-refractivity contribution in [2.45, 2.75) is 6.92 Å². The minimum absolute atomic E-state index is 0.272. The maximum absolute atomic E-state index is 10.9. The highest BCUT2D eigenvalue weighted by molar-refractivity contribution is 5.88. The van der Waals surface area contributed by atoms with Crippen molar-refractivity contribution in [3.8, 4) is 28.0 Å². The normalized spacial score (nSPS) is 10.3. The molecule has 3 aromatic rings. The minimum atomic E-state index is -0.931. The van der Waals surface area contributed by atoms with E-state index in [1.807, 2.05) is 36.4 Å². The maximum atomic E-state index is 10.9. The van der Waals surface area contributed by atoms with E-state index in [4.69, 9.17) is 9.84 Å². The fourth-order valence-corrected chi connectivity index (χ4v) is 2.54. The Morgan fingerprint density at radius 2 is 1.04 bits per heavy atom. The molecule has 1 N–H and O–H groups in total. The lowest BCUT2D eigenvalue weighted by atomic mass is 9.99. The molecular formula is C21H16O4. The molecule has 0 aliphatic rings. The van der Waals surface area contributed by atoms with Crippen LogP contribution in [-0.4, -0.2) is 17.0 Å². The number of benzene rings is 3. The monoisotopic (exact) mass is 332 g/mol. The fourth-order valence-electron chi connectivity index (χ4n) is 2.54. The van der Waals surface area contributed by atoms with E-state index in [-0.39, 0.29) is 11.5 Å². The lowest BCUT2D eigenvalue weighted by Crippen LogP contribution is -2.00. The van der Waals surface area contributed by atoms with Gasteiger partial charge in [0.2, 0.25) is 0 Å². The minimum Gasteiger partial charge on any atom is -0.478 e. The summed E-state index contributed by atoms with van der Waals surface area (Å²) in [4.78, 5) is 21.8. The molecule has 4 heteroatoms. The van der Waals surface area contributed by atoms with E-state index in [9.17, 15) is 9.59 Å². The Hall–Kier alpha value is -3.40. The molecule has 0 aromatic heterocycles. The summed E-state index contributed by atoms with van der Waals surface area (Å²) in [6.45, 7) is 1.37. The first-order valence-electron chi connectivity index (χ1n) is 7.75. The third-order valence-electron chi connectivity index (χ3n) is 3.80. The van der Waals surface area contributed by atoms with Crippen LogP contribution in [0.4, 0.5) is 0 Å². The molecule has 0 unspecified atom stereocenters. The Morgan fingerprint density at radius 1 is 0.680 bits per heavy atom. The molecule has 0 radical (unpaired) electrons. The number of esters is 1. The maximum Gasteiger partial charge on any atom is 0.335 e. The molecule has 4 nitrogen and oxygen atoms in total. The molecule has 0 fully saturated rings. The van der Waals surface area contributed by atoms with Gasteiger partial charge in [-0.25, -0.2) is 4.79 Å². The average Bonchev–Trinajstić information content (AvgIpc) is 2.62. The first-order valence-corrected chi connectivity index (χ1v) is 7.75. The Kier molecular flexibility index (Phi) is 4.61. The summed E-state index contributed by atoms with van der Waals surface area (Å²) in [5, 5.41) is 8.95. The molecule has 0 spiro atoms. The van der Waals surface area contributed by atoms with Crippen molar-refractivity contribution in [3.63, 3.8) is 0 Å². The van der Waals surface area contributed by atoms with Crippen LogP contribution in [0.5, 0.6) is 5.75 Å².